The average molecular weight is 387 g/mol. The number of piperidine rings is 1. The third-order valence-electron chi connectivity index (χ3n) is 5.17. The van der Waals surface area contributed by atoms with Gasteiger partial charge in [0.25, 0.3) is 11.6 Å². The average Bonchev–Trinajstić information content (AvgIpc) is 3.09. The first-order valence-electron chi connectivity index (χ1n) is 9.97. The second-order valence-electron chi connectivity index (χ2n) is 7.70. The molecule has 0 saturated carbocycles. The van der Waals surface area contributed by atoms with Gasteiger partial charge in [0.2, 0.25) is 5.91 Å². The molecule has 3 N–H and O–H groups in total. The summed E-state index contributed by atoms with van der Waals surface area (Å²) in [5, 5.41) is 7.75. The maximum absolute atomic E-state index is 13.5. The Kier molecular flexibility index (Phi) is 6.28. The van der Waals surface area contributed by atoms with Gasteiger partial charge in [-0.2, -0.15) is 0 Å². The van der Waals surface area contributed by atoms with Crippen LogP contribution in [0.3, 0.4) is 0 Å². The van der Waals surface area contributed by atoms with E-state index in [1.807, 2.05) is 31.7 Å². The molecule has 1 fully saturated rings. The number of hydrogen-bond acceptors (Lipinski definition) is 6. The number of nitrogens with one attached hydrogen (secondary N) is 1. The van der Waals surface area contributed by atoms with Crippen molar-refractivity contribution in [3.8, 4) is 0 Å². The van der Waals surface area contributed by atoms with Gasteiger partial charge in [-0.05, 0) is 38.2 Å². The summed E-state index contributed by atoms with van der Waals surface area (Å²) in [4.78, 5) is 31.6. The highest BCUT2D eigenvalue weighted by atomic mass is 16.5. The largest absolute Gasteiger partial charge is 0.354 e. The van der Waals surface area contributed by atoms with E-state index < -0.39 is 0 Å². The van der Waals surface area contributed by atoms with E-state index in [2.05, 4.69) is 15.5 Å². The maximum atomic E-state index is 13.5. The second-order valence-corrected chi connectivity index (χ2v) is 7.70. The van der Waals surface area contributed by atoms with Crippen LogP contribution in [0.5, 0.6) is 0 Å². The van der Waals surface area contributed by atoms with Crippen LogP contribution in [0, 0.1) is 6.92 Å². The Labute approximate surface area is 164 Å². The van der Waals surface area contributed by atoms with Gasteiger partial charge >= 0.3 is 0 Å². The highest BCUT2D eigenvalue weighted by Crippen LogP contribution is 2.30. The number of hydrogen-bond donors (Lipinski definition) is 2. The number of aryl methyl sites for hydroxylation is 1. The van der Waals surface area contributed by atoms with Gasteiger partial charge < -0.3 is 20.5 Å². The molecular formula is C20H29N5O3. The summed E-state index contributed by atoms with van der Waals surface area (Å²) in [7, 11) is 0. The van der Waals surface area contributed by atoms with Gasteiger partial charge in [0.15, 0.2) is 0 Å². The Morgan fingerprint density at radius 1 is 1.39 bits per heavy atom. The summed E-state index contributed by atoms with van der Waals surface area (Å²) >= 11 is 0. The summed E-state index contributed by atoms with van der Waals surface area (Å²) in [6.07, 6.45) is 3.15. The van der Waals surface area contributed by atoms with Gasteiger partial charge in [-0.25, -0.2) is 4.98 Å². The Balaban J connectivity index is 1.90. The number of aromatic nitrogens is 2. The zero-order valence-corrected chi connectivity index (χ0v) is 16.8. The number of likely N-dealkylation sites (tertiary alicyclic amines) is 1. The number of rotatable bonds is 6. The maximum Gasteiger partial charge on any atom is 0.259 e. The second kappa shape index (κ2) is 8.68. The smallest absolute Gasteiger partial charge is 0.259 e. The van der Waals surface area contributed by atoms with Gasteiger partial charge in [0, 0.05) is 37.8 Å². The number of carbonyl (C=O) groups excluding carboxylic acids is 2. The van der Waals surface area contributed by atoms with Crippen LogP contribution in [0.15, 0.2) is 10.6 Å². The molecule has 0 radical (unpaired) electrons. The van der Waals surface area contributed by atoms with Crippen LogP contribution in [0.1, 0.15) is 67.2 Å². The van der Waals surface area contributed by atoms with Crippen molar-refractivity contribution in [3.63, 3.8) is 0 Å². The number of nitrogens with two attached hydrogens (primary N) is 1. The van der Waals surface area contributed by atoms with Crippen LogP contribution >= 0.6 is 0 Å². The first-order valence-corrected chi connectivity index (χ1v) is 9.97. The van der Waals surface area contributed by atoms with Crippen LogP contribution in [0.4, 0.5) is 0 Å². The van der Waals surface area contributed by atoms with Crippen molar-refractivity contribution in [2.24, 2.45) is 5.73 Å². The molecule has 8 heteroatoms. The lowest BCUT2D eigenvalue weighted by Crippen LogP contribution is -2.49. The minimum absolute atomic E-state index is 0.0335. The predicted octanol–water partition coefficient (Wildman–Crippen LogP) is 2.11. The Bertz CT molecular complexity index is 861. The van der Waals surface area contributed by atoms with Gasteiger partial charge in [-0.3, -0.25) is 9.59 Å². The van der Waals surface area contributed by atoms with Gasteiger partial charge in [0.1, 0.15) is 0 Å². The molecule has 8 nitrogen and oxygen atoms in total. The van der Waals surface area contributed by atoms with E-state index in [1.54, 1.807) is 0 Å². The first kappa shape index (κ1) is 20.3. The number of nitrogens with zero attached hydrogens (tertiary/aromatic N) is 3. The first-order chi connectivity index (χ1) is 13.4. The van der Waals surface area contributed by atoms with Crippen molar-refractivity contribution >= 4 is 22.9 Å². The molecular weight excluding hydrogens is 358 g/mol. The molecule has 0 aromatic carbocycles. The van der Waals surface area contributed by atoms with Gasteiger partial charge in [0.05, 0.1) is 16.6 Å². The molecule has 1 aliphatic rings. The van der Waals surface area contributed by atoms with Gasteiger partial charge in [-0.1, -0.05) is 19.0 Å². The Morgan fingerprint density at radius 2 is 2.18 bits per heavy atom. The summed E-state index contributed by atoms with van der Waals surface area (Å²) in [6.45, 7) is 7.30. The highest BCUT2D eigenvalue weighted by molar-refractivity contribution is 6.06. The summed E-state index contributed by atoms with van der Waals surface area (Å²) < 4.78 is 5.40. The Morgan fingerprint density at radius 3 is 2.89 bits per heavy atom. The molecule has 1 saturated heterocycles. The SMILES string of the molecule is Cc1cc(C(=O)N2CCCCC2CNC(=O)CCN)c2c(C(C)C)noc2n1. The van der Waals surface area contributed by atoms with Crippen LogP contribution in [0.2, 0.25) is 0 Å². The number of pyridine rings is 1. The normalized spacial score (nSPS) is 17.3. The number of carbonyl (C=O) groups is 2. The lowest BCUT2D eigenvalue weighted by atomic mass is 9.98. The van der Waals surface area contributed by atoms with Crippen LogP contribution in [0.25, 0.3) is 11.1 Å². The molecule has 0 spiro atoms. The van der Waals surface area contributed by atoms with Crippen molar-refractivity contribution in [2.45, 2.75) is 58.4 Å². The molecule has 152 valence electrons. The predicted molar refractivity (Wildman–Crippen MR) is 106 cm³/mol. The molecule has 0 bridgehead atoms. The minimum Gasteiger partial charge on any atom is -0.354 e. The molecule has 2 aromatic heterocycles. The molecule has 3 rings (SSSR count). The van der Waals surface area contributed by atoms with Crippen molar-refractivity contribution in [3.05, 3.63) is 23.0 Å². The minimum atomic E-state index is -0.0799. The van der Waals surface area contributed by atoms with Crippen molar-refractivity contribution in [1.29, 1.82) is 0 Å². The number of amides is 2. The fourth-order valence-electron chi connectivity index (χ4n) is 3.74. The van der Waals surface area contributed by atoms with Crippen LogP contribution in [-0.4, -0.2) is 52.5 Å². The van der Waals surface area contributed by atoms with Gasteiger partial charge in [-0.15, -0.1) is 0 Å². The lowest BCUT2D eigenvalue weighted by Gasteiger charge is -2.36. The molecule has 0 aliphatic carbocycles. The van der Waals surface area contributed by atoms with E-state index in [0.29, 0.717) is 48.4 Å². The molecule has 2 aromatic rings. The zero-order valence-electron chi connectivity index (χ0n) is 16.8. The monoisotopic (exact) mass is 387 g/mol. The highest BCUT2D eigenvalue weighted by Gasteiger charge is 2.31. The van der Waals surface area contributed by atoms with E-state index in [1.165, 1.54) is 0 Å². The summed E-state index contributed by atoms with van der Waals surface area (Å²) in [6, 6.07) is 1.78. The van der Waals surface area contributed by atoms with E-state index >= 15 is 0 Å². The molecule has 1 aliphatic heterocycles. The van der Waals surface area contributed by atoms with E-state index in [0.717, 1.165) is 25.0 Å². The standard InChI is InChI=1S/C20H29N5O3/c1-12(2)18-17-15(10-13(3)23-19(17)28-24-18)20(27)25-9-5-4-6-14(25)11-22-16(26)7-8-21/h10,12,14H,4-9,11,21H2,1-3H3,(H,22,26). The summed E-state index contributed by atoms with van der Waals surface area (Å²) in [5.41, 5.74) is 7.88. The molecule has 1 atom stereocenters. The number of fused-ring (bicyclic) bond motifs is 1. The van der Waals surface area contributed by atoms with E-state index in [4.69, 9.17) is 10.3 Å². The van der Waals surface area contributed by atoms with E-state index in [-0.39, 0.29) is 23.8 Å². The molecule has 28 heavy (non-hydrogen) atoms. The van der Waals surface area contributed by atoms with Crippen molar-refractivity contribution in [1.82, 2.24) is 20.4 Å². The third-order valence-corrected chi connectivity index (χ3v) is 5.17. The fourth-order valence-corrected chi connectivity index (χ4v) is 3.74. The molecule has 3 heterocycles. The Hall–Kier alpha value is -2.48. The lowest BCUT2D eigenvalue weighted by molar-refractivity contribution is -0.121. The summed E-state index contributed by atoms with van der Waals surface area (Å²) in [5.74, 6) is -0.0212. The topological polar surface area (TPSA) is 114 Å². The van der Waals surface area contributed by atoms with Crippen LogP contribution in [-0.2, 0) is 4.79 Å². The molecule has 1 unspecified atom stereocenters. The van der Waals surface area contributed by atoms with Crippen molar-refractivity contribution in [2.75, 3.05) is 19.6 Å². The quantitative estimate of drug-likeness (QED) is 0.785. The fraction of sp³-hybridized carbons (Fsp3) is 0.600. The zero-order chi connectivity index (χ0) is 20.3. The molecule has 2 amide bonds. The van der Waals surface area contributed by atoms with E-state index in [9.17, 15) is 9.59 Å². The van der Waals surface area contributed by atoms with Crippen molar-refractivity contribution < 1.29 is 14.1 Å². The third kappa shape index (κ3) is 4.16. The van der Waals surface area contributed by atoms with Crippen LogP contribution < -0.4 is 11.1 Å².